The van der Waals surface area contributed by atoms with Gasteiger partial charge >= 0.3 is 96.5 Å². The zero-order valence-corrected chi connectivity index (χ0v) is 13.2. The molecule has 0 amide bonds. The number of carbonyl (C=O) groups is 1. The van der Waals surface area contributed by atoms with Gasteiger partial charge in [0.2, 0.25) is 0 Å². The van der Waals surface area contributed by atoms with Gasteiger partial charge < -0.3 is 0 Å². The zero-order chi connectivity index (χ0) is 10.6. The molecule has 84 valence electrons. The number of carbonyl (C=O) groups excluding carboxylic acids is 1. The van der Waals surface area contributed by atoms with Crippen LogP contribution in [-0.2, 0) is 4.79 Å². The molecule has 0 N–H and O–H groups in total. The molecule has 0 aliphatic rings. The van der Waals surface area contributed by atoms with Crippen molar-refractivity contribution in [3.05, 3.63) is 0 Å². The normalized spacial score (nSPS) is 10.8. The summed E-state index contributed by atoms with van der Waals surface area (Å²) >= 11 is -1.15. The van der Waals surface area contributed by atoms with Crippen molar-refractivity contribution in [2.45, 2.75) is 65.7 Å². The Morgan fingerprint density at radius 2 is 1.43 bits per heavy atom. The van der Waals surface area contributed by atoms with Crippen molar-refractivity contribution in [3.8, 4) is 0 Å². The molecule has 14 heavy (non-hydrogen) atoms. The van der Waals surface area contributed by atoms with Crippen molar-refractivity contribution < 1.29 is 4.79 Å². The third-order valence-corrected chi connectivity index (χ3v) is 13.4. The molecular weight excluding hydrogens is 279 g/mol. The monoisotopic (exact) mass is 306 g/mol. The molecule has 1 nitrogen and oxygen atoms in total. The SMILES string of the molecule is CCC[CH2][SnH]([CH2]CCC)[CH2]CCC=O. The predicted molar refractivity (Wildman–Crippen MR) is 66.7 cm³/mol. The third kappa shape index (κ3) is 9.04. The summed E-state index contributed by atoms with van der Waals surface area (Å²) in [7, 11) is 0. The van der Waals surface area contributed by atoms with E-state index in [0.717, 1.165) is 12.7 Å². The van der Waals surface area contributed by atoms with E-state index in [4.69, 9.17) is 0 Å². The summed E-state index contributed by atoms with van der Waals surface area (Å²) < 4.78 is 4.63. The van der Waals surface area contributed by atoms with E-state index in [0.29, 0.717) is 0 Å². The van der Waals surface area contributed by atoms with Crippen molar-refractivity contribution in [1.82, 2.24) is 0 Å². The van der Waals surface area contributed by atoms with Crippen molar-refractivity contribution in [2.24, 2.45) is 0 Å². The second-order valence-electron chi connectivity index (χ2n) is 4.25. The van der Waals surface area contributed by atoms with E-state index in [2.05, 4.69) is 13.8 Å². The molecule has 0 unspecified atom stereocenters. The molecule has 0 saturated heterocycles. The maximum absolute atomic E-state index is 10.2. The van der Waals surface area contributed by atoms with Crippen molar-refractivity contribution in [3.63, 3.8) is 0 Å². The van der Waals surface area contributed by atoms with Crippen LogP contribution in [0.3, 0.4) is 0 Å². The molecule has 0 aromatic carbocycles. The fraction of sp³-hybridized carbons (Fsp3) is 0.917. The minimum absolute atomic E-state index is 0.811. The van der Waals surface area contributed by atoms with Gasteiger partial charge in [-0.1, -0.05) is 0 Å². The molecule has 0 aromatic heterocycles. The minimum atomic E-state index is -1.15. The molecule has 0 spiro atoms. The molecule has 0 fully saturated rings. The van der Waals surface area contributed by atoms with Crippen LogP contribution in [0.1, 0.15) is 52.4 Å². The topological polar surface area (TPSA) is 17.1 Å². The second-order valence-corrected chi connectivity index (χ2v) is 14.1. The summed E-state index contributed by atoms with van der Waals surface area (Å²) in [5.74, 6) is 0. The fourth-order valence-corrected chi connectivity index (χ4v) is 12.3. The van der Waals surface area contributed by atoms with E-state index in [1.807, 2.05) is 0 Å². The number of aldehydes is 1. The molecule has 0 saturated carbocycles. The maximum atomic E-state index is 10.2. The van der Waals surface area contributed by atoms with E-state index < -0.39 is 19.8 Å². The number of hydrogen-bond donors (Lipinski definition) is 0. The van der Waals surface area contributed by atoms with Gasteiger partial charge in [0.25, 0.3) is 0 Å². The van der Waals surface area contributed by atoms with Crippen LogP contribution in [0, 0.1) is 0 Å². The fourth-order valence-electron chi connectivity index (χ4n) is 1.91. The van der Waals surface area contributed by atoms with Crippen LogP contribution in [0.5, 0.6) is 0 Å². The van der Waals surface area contributed by atoms with Crippen LogP contribution in [0.2, 0.25) is 13.3 Å². The molecule has 0 aliphatic carbocycles. The first-order chi connectivity index (χ1) is 6.85. The average Bonchev–Trinajstić information content (AvgIpc) is 2.21. The van der Waals surface area contributed by atoms with Gasteiger partial charge in [0.15, 0.2) is 0 Å². The van der Waals surface area contributed by atoms with Gasteiger partial charge in [-0.3, -0.25) is 0 Å². The third-order valence-electron chi connectivity index (χ3n) is 2.87. The number of rotatable bonds is 10. The molecule has 0 radical (unpaired) electrons. The summed E-state index contributed by atoms with van der Waals surface area (Å²) in [5.41, 5.74) is 0. The van der Waals surface area contributed by atoms with Crippen molar-refractivity contribution in [2.75, 3.05) is 0 Å². The first kappa shape index (κ1) is 14.5. The Morgan fingerprint density at radius 3 is 1.86 bits per heavy atom. The summed E-state index contributed by atoms with van der Waals surface area (Å²) in [6.45, 7) is 4.57. The Balaban J connectivity index is 3.54. The van der Waals surface area contributed by atoms with Crippen LogP contribution < -0.4 is 0 Å². The van der Waals surface area contributed by atoms with Crippen molar-refractivity contribution >= 4 is 26.0 Å². The Morgan fingerprint density at radius 1 is 0.929 bits per heavy atom. The Hall–Kier alpha value is 0.469. The Kier molecular flexibility index (Phi) is 11.9. The van der Waals surface area contributed by atoms with E-state index in [9.17, 15) is 4.79 Å². The molecule has 0 aliphatic heterocycles. The first-order valence-electron chi connectivity index (χ1n) is 6.28. The molecule has 2 heteroatoms. The summed E-state index contributed by atoms with van der Waals surface area (Å²) in [4.78, 5) is 10.2. The van der Waals surface area contributed by atoms with E-state index in [1.165, 1.54) is 36.5 Å². The quantitative estimate of drug-likeness (QED) is 0.341. The summed E-state index contributed by atoms with van der Waals surface area (Å²) in [5, 5.41) is 0. The standard InChI is InChI=1S/C4H7O.2C4H9.Sn.H/c1-2-3-4-5;2*1-3-4-2;;/h4H,1-3H2;2*1,3-4H2,2H3;;. The summed E-state index contributed by atoms with van der Waals surface area (Å²) in [6, 6.07) is 0. The van der Waals surface area contributed by atoms with Crippen LogP contribution in [0.25, 0.3) is 0 Å². The van der Waals surface area contributed by atoms with Gasteiger partial charge in [-0.2, -0.15) is 0 Å². The molecule has 0 aromatic rings. The number of hydrogen-bond acceptors (Lipinski definition) is 1. The van der Waals surface area contributed by atoms with Crippen molar-refractivity contribution in [1.29, 1.82) is 0 Å². The molecule has 0 atom stereocenters. The molecule has 0 rings (SSSR count). The van der Waals surface area contributed by atoms with E-state index in [1.54, 1.807) is 8.87 Å². The number of unbranched alkanes of at least 4 members (excludes halogenated alkanes) is 3. The van der Waals surface area contributed by atoms with Gasteiger partial charge in [0.1, 0.15) is 0 Å². The molecule has 0 bridgehead atoms. The summed E-state index contributed by atoms with van der Waals surface area (Å²) in [6.07, 6.45) is 8.70. The Labute approximate surface area is 96.4 Å². The molecular formula is C12H26OSn. The zero-order valence-electron chi connectivity index (χ0n) is 9.93. The van der Waals surface area contributed by atoms with Gasteiger partial charge in [-0.05, 0) is 0 Å². The van der Waals surface area contributed by atoms with Crippen LogP contribution in [-0.4, -0.2) is 26.0 Å². The second kappa shape index (κ2) is 11.5. The van der Waals surface area contributed by atoms with Crippen LogP contribution in [0.15, 0.2) is 0 Å². The van der Waals surface area contributed by atoms with Gasteiger partial charge in [-0.15, -0.1) is 0 Å². The van der Waals surface area contributed by atoms with Crippen LogP contribution in [0.4, 0.5) is 0 Å². The molecule has 0 heterocycles. The first-order valence-corrected chi connectivity index (χ1v) is 13.3. The van der Waals surface area contributed by atoms with Gasteiger partial charge in [0.05, 0.1) is 0 Å². The Bertz CT molecular complexity index is 117. The average molecular weight is 305 g/mol. The van der Waals surface area contributed by atoms with Gasteiger partial charge in [0, 0.05) is 0 Å². The van der Waals surface area contributed by atoms with Crippen LogP contribution >= 0.6 is 0 Å². The predicted octanol–water partition coefficient (Wildman–Crippen LogP) is 3.79. The van der Waals surface area contributed by atoms with Gasteiger partial charge in [-0.25, -0.2) is 0 Å². The van der Waals surface area contributed by atoms with E-state index in [-0.39, 0.29) is 0 Å². The van der Waals surface area contributed by atoms with E-state index >= 15 is 0 Å².